The minimum Gasteiger partial charge on any atom is -0.383 e. The van der Waals surface area contributed by atoms with E-state index in [2.05, 4.69) is 13.8 Å². The highest BCUT2D eigenvalue weighted by molar-refractivity contribution is 7.91. The molecule has 1 heterocycles. The number of carbonyl (C=O) groups excluding carboxylic acids is 1. The van der Waals surface area contributed by atoms with Crippen LogP contribution in [0.15, 0.2) is 0 Å². The third-order valence-corrected chi connectivity index (χ3v) is 5.19. The summed E-state index contributed by atoms with van der Waals surface area (Å²) in [5.74, 6) is 0.816. The van der Waals surface area contributed by atoms with Gasteiger partial charge in [0.15, 0.2) is 9.84 Å². The molecule has 19 heavy (non-hydrogen) atoms. The van der Waals surface area contributed by atoms with E-state index < -0.39 is 9.84 Å². The largest absolute Gasteiger partial charge is 0.383 e. The van der Waals surface area contributed by atoms with Gasteiger partial charge < -0.3 is 9.64 Å². The van der Waals surface area contributed by atoms with E-state index in [1.165, 1.54) is 0 Å². The molecule has 1 fully saturated rings. The summed E-state index contributed by atoms with van der Waals surface area (Å²) in [6, 6.07) is -0.167. The van der Waals surface area contributed by atoms with Crippen LogP contribution in [0.2, 0.25) is 0 Å². The van der Waals surface area contributed by atoms with Crippen molar-refractivity contribution in [1.29, 1.82) is 0 Å². The summed E-state index contributed by atoms with van der Waals surface area (Å²) in [5, 5.41) is 0. The minimum atomic E-state index is -2.97. The van der Waals surface area contributed by atoms with E-state index in [1.807, 2.05) is 0 Å². The fourth-order valence-electron chi connectivity index (χ4n) is 2.28. The Hall–Kier alpha value is -0.620. The number of carbonyl (C=O) groups is 1. The summed E-state index contributed by atoms with van der Waals surface area (Å²) in [6.45, 7) is 5.08. The fourth-order valence-corrected chi connectivity index (χ4v) is 4.01. The number of nitrogens with zero attached hydrogens (tertiary/aromatic N) is 1. The van der Waals surface area contributed by atoms with Crippen LogP contribution in [0.1, 0.15) is 33.1 Å². The number of sulfone groups is 1. The van der Waals surface area contributed by atoms with Gasteiger partial charge in [-0.25, -0.2) is 8.42 Å². The third-order valence-electron chi connectivity index (χ3n) is 3.44. The van der Waals surface area contributed by atoms with Gasteiger partial charge in [0.2, 0.25) is 5.91 Å². The molecule has 0 N–H and O–H groups in total. The number of amides is 1. The summed E-state index contributed by atoms with van der Waals surface area (Å²) in [4.78, 5) is 13.9. The van der Waals surface area contributed by atoms with Gasteiger partial charge in [-0.2, -0.15) is 0 Å². The molecule has 1 unspecified atom stereocenters. The number of ether oxygens (including phenoxy) is 1. The summed E-state index contributed by atoms with van der Waals surface area (Å²) >= 11 is 0. The van der Waals surface area contributed by atoms with E-state index in [0.29, 0.717) is 31.9 Å². The van der Waals surface area contributed by atoms with Crippen molar-refractivity contribution in [3.8, 4) is 0 Å². The molecule has 0 spiro atoms. The Morgan fingerprint density at radius 3 is 2.58 bits per heavy atom. The average Bonchev–Trinajstić information content (AvgIpc) is 2.67. The van der Waals surface area contributed by atoms with Crippen LogP contribution in [-0.2, 0) is 19.4 Å². The maximum Gasteiger partial charge on any atom is 0.222 e. The molecule has 1 rings (SSSR count). The van der Waals surface area contributed by atoms with E-state index >= 15 is 0 Å². The van der Waals surface area contributed by atoms with Gasteiger partial charge in [0.05, 0.1) is 18.1 Å². The van der Waals surface area contributed by atoms with Gasteiger partial charge in [0.25, 0.3) is 0 Å². The van der Waals surface area contributed by atoms with Gasteiger partial charge in [0.1, 0.15) is 0 Å². The van der Waals surface area contributed by atoms with E-state index in [1.54, 1.807) is 12.0 Å². The second kappa shape index (κ2) is 7.24. The lowest BCUT2D eigenvalue weighted by Crippen LogP contribution is -2.43. The van der Waals surface area contributed by atoms with Crippen molar-refractivity contribution in [3.05, 3.63) is 0 Å². The van der Waals surface area contributed by atoms with E-state index in [9.17, 15) is 13.2 Å². The topological polar surface area (TPSA) is 63.7 Å². The van der Waals surface area contributed by atoms with Crippen molar-refractivity contribution in [1.82, 2.24) is 4.90 Å². The van der Waals surface area contributed by atoms with Crippen molar-refractivity contribution in [2.75, 3.05) is 31.8 Å². The molecule has 0 aromatic heterocycles. The Morgan fingerprint density at radius 2 is 2.11 bits per heavy atom. The van der Waals surface area contributed by atoms with Gasteiger partial charge >= 0.3 is 0 Å². The lowest BCUT2D eigenvalue weighted by atomic mass is 10.1. The van der Waals surface area contributed by atoms with Crippen LogP contribution < -0.4 is 0 Å². The SMILES string of the molecule is COCCN(C(=O)CCC(C)C)C1CCS(=O)(=O)C1. The maximum absolute atomic E-state index is 12.2. The molecule has 0 radical (unpaired) electrons. The average molecular weight is 291 g/mol. The van der Waals surface area contributed by atoms with Crippen LogP contribution in [0.3, 0.4) is 0 Å². The fraction of sp³-hybridized carbons (Fsp3) is 0.923. The first-order valence-electron chi connectivity index (χ1n) is 6.84. The third kappa shape index (κ3) is 5.48. The molecule has 0 bridgehead atoms. The van der Waals surface area contributed by atoms with Crippen molar-refractivity contribution in [3.63, 3.8) is 0 Å². The van der Waals surface area contributed by atoms with Gasteiger partial charge in [-0.05, 0) is 18.8 Å². The second-order valence-electron chi connectivity index (χ2n) is 5.57. The van der Waals surface area contributed by atoms with Crippen molar-refractivity contribution in [2.24, 2.45) is 5.92 Å². The molecule has 0 aromatic rings. The molecule has 1 amide bonds. The summed E-state index contributed by atoms with van der Waals surface area (Å²) in [7, 11) is -1.38. The number of rotatable bonds is 7. The highest BCUT2D eigenvalue weighted by Gasteiger charge is 2.34. The molecule has 1 aliphatic heterocycles. The standard InChI is InChI=1S/C13H25NO4S/c1-11(2)4-5-13(15)14(7-8-18-3)12-6-9-19(16,17)10-12/h11-12H,4-10H2,1-3H3. The monoisotopic (exact) mass is 291 g/mol. The molecule has 1 saturated heterocycles. The van der Waals surface area contributed by atoms with Crippen molar-refractivity contribution < 1.29 is 17.9 Å². The quantitative estimate of drug-likeness (QED) is 0.704. The molecule has 0 aromatic carbocycles. The maximum atomic E-state index is 12.2. The normalized spacial score (nSPS) is 21.8. The highest BCUT2D eigenvalue weighted by Crippen LogP contribution is 2.19. The van der Waals surface area contributed by atoms with E-state index in [0.717, 1.165) is 6.42 Å². The predicted octanol–water partition coefficient (Wildman–Crippen LogP) is 1.08. The summed E-state index contributed by atoms with van der Waals surface area (Å²) < 4.78 is 28.1. The van der Waals surface area contributed by atoms with Crippen LogP contribution in [0, 0.1) is 5.92 Å². The van der Waals surface area contributed by atoms with Crippen LogP contribution >= 0.6 is 0 Å². The molecule has 1 atom stereocenters. The minimum absolute atomic E-state index is 0.0489. The second-order valence-corrected chi connectivity index (χ2v) is 7.80. The Bertz CT molecular complexity index is 391. The molecular formula is C13H25NO4S. The molecular weight excluding hydrogens is 266 g/mol. The van der Waals surface area contributed by atoms with Gasteiger partial charge in [-0.1, -0.05) is 13.8 Å². The number of hydrogen-bond donors (Lipinski definition) is 0. The van der Waals surface area contributed by atoms with Crippen LogP contribution in [-0.4, -0.2) is 57.0 Å². The van der Waals surface area contributed by atoms with Crippen LogP contribution in [0.5, 0.6) is 0 Å². The predicted molar refractivity (Wildman–Crippen MR) is 74.7 cm³/mol. The molecule has 0 saturated carbocycles. The Balaban J connectivity index is 2.63. The highest BCUT2D eigenvalue weighted by atomic mass is 32.2. The van der Waals surface area contributed by atoms with Crippen molar-refractivity contribution in [2.45, 2.75) is 39.2 Å². The first kappa shape index (κ1) is 16.4. The van der Waals surface area contributed by atoms with Gasteiger partial charge in [0, 0.05) is 26.1 Å². The van der Waals surface area contributed by atoms with Gasteiger partial charge in [-0.3, -0.25) is 4.79 Å². The summed E-state index contributed by atoms with van der Waals surface area (Å²) in [6.07, 6.45) is 1.87. The van der Waals surface area contributed by atoms with Crippen LogP contribution in [0.4, 0.5) is 0 Å². The zero-order chi connectivity index (χ0) is 14.5. The summed E-state index contributed by atoms with van der Waals surface area (Å²) in [5.41, 5.74) is 0. The number of hydrogen-bond acceptors (Lipinski definition) is 4. The molecule has 1 aliphatic rings. The lowest BCUT2D eigenvalue weighted by Gasteiger charge is -2.28. The molecule has 112 valence electrons. The first-order chi connectivity index (χ1) is 8.85. The Labute approximate surface area is 116 Å². The lowest BCUT2D eigenvalue weighted by molar-refractivity contribution is -0.134. The van der Waals surface area contributed by atoms with E-state index in [-0.39, 0.29) is 23.5 Å². The number of methoxy groups -OCH3 is 1. The Kier molecular flexibility index (Phi) is 6.26. The Morgan fingerprint density at radius 1 is 1.42 bits per heavy atom. The van der Waals surface area contributed by atoms with E-state index in [4.69, 9.17) is 4.74 Å². The molecule has 6 heteroatoms. The zero-order valence-electron chi connectivity index (χ0n) is 12.1. The van der Waals surface area contributed by atoms with Crippen LogP contribution in [0.25, 0.3) is 0 Å². The first-order valence-corrected chi connectivity index (χ1v) is 8.66. The molecule has 0 aliphatic carbocycles. The molecule has 5 nitrogen and oxygen atoms in total. The van der Waals surface area contributed by atoms with Crippen molar-refractivity contribution >= 4 is 15.7 Å². The zero-order valence-corrected chi connectivity index (χ0v) is 12.9. The van der Waals surface area contributed by atoms with Gasteiger partial charge in [-0.15, -0.1) is 0 Å². The smallest absolute Gasteiger partial charge is 0.222 e.